The van der Waals surface area contributed by atoms with E-state index in [2.05, 4.69) is 0 Å². The SMILES string of the molecule is [2H]C([2H])([2H])N1CC[C@]23c4c5ccc(OC)c4O[C@H]2[C@@H](O[C@@H]2O[C@H](C(=O)OC)[C@@H](OC(C)=O)[C@H](OC(C)=O)[C@H]2OC(C)=O)C=C[C@H]3[C@@H]1C5. The van der Waals surface area contributed by atoms with E-state index in [-0.39, 0.29) is 18.5 Å². The minimum atomic E-state index is -2.31. The van der Waals surface area contributed by atoms with E-state index in [1.165, 1.54) is 7.11 Å². The number of esters is 4. The summed E-state index contributed by atoms with van der Waals surface area (Å²) < 4.78 is 71.0. The van der Waals surface area contributed by atoms with Crippen LogP contribution in [0.4, 0.5) is 0 Å². The Hall–Kier alpha value is -3.68. The summed E-state index contributed by atoms with van der Waals surface area (Å²) in [5, 5.41) is 0. The molecule has 0 unspecified atom stereocenters. The molecule has 0 N–H and O–H groups in total. The van der Waals surface area contributed by atoms with E-state index < -0.39 is 79.2 Å². The van der Waals surface area contributed by atoms with Crippen LogP contribution >= 0.6 is 0 Å². The Kier molecular flexibility index (Phi) is 6.89. The molecule has 0 radical (unpaired) electrons. The highest BCUT2D eigenvalue weighted by Crippen LogP contribution is 2.62. The maximum atomic E-state index is 13.0. The Bertz CT molecular complexity index is 1500. The van der Waals surface area contributed by atoms with Crippen LogP contribution in [0.1, 0.15) is 42.4 Å². The molecule has 44 heavy (non-hydrogen) atoms. The summed E-state index contributed by atoms with van der Waals surface area (Å²) in [4.78, 5) is 51.2. The van der Waals surface area contributed by atoms with Crippen molar-refractivity contribution >= 4 is 23.9 Å². The molecule has 5 aliphatic rings. The minimum absolute atomic E-state index is 0.260. The summed E-state index contributed by atoms with van der Waals surface area (Å²) in [6.07, 6.45) is -4.76. The molecule has 0 saturated carbocycles. The van der Waals surface area contributed by atoms with Gasteiger partial charge in [-0.15, -0.1) is 0 Å². The van der Waals surface area contributed by atoms with Crippen molar-refractivity contribution < 1.29 is 61.2 Å². The zero-order chi connectivity index (χ0) is 34.0. The first-order chi connectivity index (χ1) is 22.2. The monoisotopic (exact) mass is 618 g/mol. The Morgan fingerprint density at radius 3 is 2.34 bits per heavy atom. The molecule has 1 aromatic rings. The number of likely N-dealkylation sites (N-methyl/N-ethyl adjacent to an activating group) is 1. The molecule has 13 heteroatoms. The molecule has 3 aliphatic heterocycles. The van der Waals surface area contributed by atoms with Crippen LogP contribution in [0.15, 0.2) is 24.3 Å². The highest BCUT2D eigenvalue weighted by molar-refractivity contribution is 5.77. The fourth-order valence-corrected chi connectivity index (χ4v) is 7.65. The van der Waals surface area contributed by atoms with Crippen LogP contribution in [0.5, 0.6) is 11.5 Å². The fraction of sp³-hybridized carbons (Fsp3) is 0.613. The van der Waals surface area contributed by atoms with Gasteiger partial charge in [0.1, 0.15) is 12.2 Å². The lowest BCUT2D eigenvalue weighted by atomic mass is 9.53. The van der Waals surface area contributed by atoms with E-state index in [9.17, 15) is 19.2 Å². The van der Waals surface area contributed by atoms with E-state index in [4.69, 9.17) is 42.0 Å². The van der Waals surface area contributed by atoms with Crippen molar-refractivity contribution in [3.05, 3.63) is 35.4 Å². The van der Waals surface area contributed by atoms with Gasteiger partial charge in [0, 0.05) is 47.8 Å². The summed E-state index contributed by atoms with van der Waals surface area (Å²) in [5.74, 6) is -2.57. The smallest absolute Gasteiger partial charge is 0.339 e. The second-order valence-corrected chi connectivity index (χ2v) is 11.6. The number of piperidine rings is 1. The summed E-state index contributed by atoms with van der Waals surface area (Å²) in [6, 6.07) is 3.38. The topological polar surface area (TPSA) is 145 Å². The number of nitrogens with zero attached hydrogens (tertiary/aromatic N) is 1. The summed E-state index contributed by atoms with van der Waals surface area (Å²) in [7, 11) is 2.64. The van der Waals surface area contributed by atoms with Crippen molar-refractivity contribution in [3.63, 3.8) is 0 Å². The largest absolute Gasteiger partial charge is 0.493 e. The average molecular weight is 619 g/mol. The van der Waals surface area contributed by atoms with Gasteiger partial charge in [-0.25, -0.2) is 4.79 Å². The number of likely N-dealkylation sites (tertiary alicyclic amines) is 1. The van der Waals surface area contributed by atoms with Crippen molar-refractivity contribution in [2.45, 2.75) is 88.0 Å². The number of carbonyl (C=O) groups excluding carboxylic acids is 4. The first kappa shape index (κ1) is 26.7. The molecule has 10 atom stereocenters. The third-order valence-electron chi connectivity index (χ3n) is 9.18. The number of benzene rings is 1. The quantitative estimate of drug-likeness (QED) is 0.245. The van der Waals surface area contributed by atoms with E-state index in [0.29, 0.717) is 24.3 Å². The van der Waals surface area contributed by atoms with Gasteiger partial charge in [0.25, 0.3) is 0 Å². The van der Waals surface area contributed by atoms with Crippen LogP contribution in [0.3, 0.4) is 0 Å². The highest BCUT2D eigenvalue weighted by Gasteiger charge is 2.65. The molecule has 2 bridgehead atoms. The predicted molar refractivity (Wildman–Crippen MR) is 149 cm³/mol. The van der Waals surface area contributed by atoms with Crippen molar-refractivity contribution in [1.82, 2.24) is 4.90 Å². The molecule has 2 aliphatic carbocycles. The van der Waals surface area contributed by atoms with Crippen molar-refractivity contribution in [3.8, 4) is 11.5 Å². The molecule has 2 fully saturated rings. The van der Waals surface area contributed by atoms with E-state index >= 15 is 0 Å². The second-order valence-electron chi connectivity index (χ2n) is 11.6. The maximum absolute atomic E-state index is 13.0. The molecule has 0 amide bonds. The number of ether oxygens (including phenoxy) is 8. The van der Waals surface area contributed by atoms with Crippen molar-refractivity contribution in [2.24, 2.45) is 5.92 Å². The van der Waals surface area contributed by atoms with Gasteiger partial charge in [-0.05, 0) is 38.0 Å². The van der Waals surface area contributed by atoms with E-state index in [1.54, 1.807) is 17.0 Å². The second kappa shape index (κ2) is 11.4. The van der Waals surface area contributed by atoms with E-state index in [0.717, 1.165) is 39.0 Å². The lowest BCUT2D eigenvalue weighted by molar-refractivity contribution is -0.313. The fourth-order valence-electron chi connectivity index (χ4n) is 7.65. The zero-order valence-electron chi connectivity index (χ0n) is 28.0. The molecule has 1 aromatic carbocycles. The molecule has 13 nitrogen and oxygen atoms in total. The average Bonchev–Trinajstić information content (AvgIpc) is 3.33. The maximum Gasteiger partial charge on any atom is 0.339 e. The molecule has 2 saturated heterocycles. The molecule has 6 rings (SSSR count). The third-order valence-corrected chi connectivity index (χ3v) is 9.18. The summed E-state index contributed by atoms with van der Waals surface area (Å²) in [5.41, 5.74) is 1.17. The molecule has 0 aromatic heterocycles. The number of hydrogen-bond donors (Lipinski definition) is 0. The number of carbonyl (C=O) groups is 4. The highest BCUT2D eigenvalue weighted by atomic mass is 16.7. The van der Waals surface area contributed by atoms with Gasteiger partial charge in [0.2, 0.25) is 6.29 Å². The van der Waals surface area contributed by atoms with Crippen LogP contribution < -0.4 is 9.47 Å². The number of rotatable bonds is 7. The van der Waals surface area contributed by atoms with Crippen LogP contribution in [0.25, 0.3) is 0 Å². The minimum Gasteiger partial charge on any atom is -0.493 e. The summed E-state index contributed by atoms with van der Waals surface area (Å²) >= 11 is 0. The lowest BCUT2D eigenvalue weighted by Gasteiger charge is -2.57. The van der Waals surface area contributed by atoms with Crippen molar-refractivity contribution in [2.75, 3.05) is 27.7 Å². The normalized spacial score (nSPS) is 37.7. The molecule has 1 spiro atoms. The van der Waals surface area contributed by atoms with Crippen LogP contribution in [0, 0.1) is 5.92 Å². The van der Waals surface area contributed by atoms with E-state index in [1.807, 2.05) is 12.1 Å². The number of hydrogen-bond acceptors (Lipinski definition) is 13. The van der Waals surface area contributed by atoms with Gasteiger partial charge < -0.3 is 42.8 Å². The van der Waals surface area contributed by atoms with Crippen LogP contribution in [-0.2, 0) is 59.4 Å². The molecular formula is C31H37NO12. The Labute approximate surface area is 258 Å². The first-order valence-corrected chi connectivity index (χ1v) is 14.4. The van der Waals surface area contributed by atoms with Gasteiger partial charge in [0.15, 0.2) is 35.9 Å². The van der Waals surface area contributed by atoms with Crippen LogP contribution in [0.2, 0.25) is 0 Å². The molecular weight excluding hydrogens is 578 g/mol. The van der Waals surface area contributed by atoms with Gasteiger partial charge >= 0.3 is 23.9 Å². The van der Waals surface area contributed by atoms with Gasteiger partial charge in [-0.1, -0.05) is 18.2 Å². The van der Waals surface area contributed by atoms with Gasteiger partial charge in [0.05, 0.1) is 14.2 Å². The van der Waals surface area contributed by atoms with Gasteiger partial charge in [-0.3, -0.25) is 14.4 Å². The van der Waals surface area contributed by atoms with Crippen molar-refractivity contribution in [1.29, 1.82) is 0 Å². The Morgan fingerprint density at radius 1 is 0.977 bits per heavy atom. The number of methoxy groups -OCH3 is 2. The predicted octanol–water partition coefficient (Wildman–Crippen LogP) is 1.22. The lowest BCUT2D eigenvalue weighted by Crippen LogP contribution is -2.67. The summed E-state index contributed by atoms with van der Waals surface area (Å²) in [6.45, 7) is 1.29. The molecule has 3 heterocycles. The van der Waals surface area contributed by atoms with Gasteiger partial charge in [-0.2, -0.15) is 0 Å². The molecule has 238 valence electrons. The first-order valence-electron chi connectivity index (χ1n) is 15.9. The van der Waals surface area contributed by atoms with Crippen LogP contribution in [-0.4, -0.2) is 105 Å². The third kappa shape index (κ3) is 4.72. The standard InChI is InChI=1S/C31H37NO12/c1-14(33)39-24-25(40-15(2)34)27(41-16(3)35)30(44-26(24)29(36)38-6)42-21-10-8-18-19-13-17-7-9-20(37-5)23-22(17)31(18,28(21)43-23)11-12-32(19)4/h7-10,18-19,21,24-28,30H,11-13H2,1-6H3/t18-,19-,21-,24-,25-,26-,27+,28-,30+,31-/m0/s1/i4D3. The zero-order valence-corrected chi connectivity index (χ0v) is 25.0. The Morgan fingerprint density at radius 2 is 1.68 bits per heavy atom. The Balaban J connectivity index is 1.42.